The summed E-state index contributed by atoms with van der Waals surface area (Å²) in [7, 11) is 3.50. The van der Waals surface area contributed by atoms with Gasteiger partial charge in [0.1, 0.15) is 5.82 Å². The van der Waals surface area contributed by atoms with Gasteiger partial charge >= 0.3 is 0 Å². The van der Waals surface area contributed by atoms with Crippen LogP contribution in [0.25, 0.3) is 0 Å². The third kappa shape index (κ3) is 4.13. The Hall–Kier alpha value is -3.62. The van der Waals surface area contributed by atoms with Crippen molar-refractivity contribution < 1.29 is 9.53 Å². The molecule has 9 nitrogen and oxygen atoms in total. The van der Waals surface area contributed by atoms with Crippen LogP contribution in [0, 0.1) is 6.92 Å². The van der Waals surface area contributed by atoms with Gasteiger partial charge in [0, 0.05) is 43.7 Å². The van der Waals surface area contributed by atoms with Gasteiger partial charge in [0.25, 0.3) is 0 Å². The molecule has 0 fully saturated rings. The van der Waals surface area contributed by atoms with Crippen LogP contribution in [0.1, 0.15) is 16.8 Å². The van der Waals surface area contributed by atoms with Crippen molar-refractivity contribution in [1.82, 2.24) is 19.7 Å². The van der Waals surface area contributed by atoms with Gasteiger partial charge in [0.15, 0.2) is 0 Å². The molecule has 0 spiro atoms. The van der Waals surface area contributed by atoms with Gasteiger partial charge in [0.05, 0.1) is 43.5 Å². The number of pyridine rings is 2. The molecule has 4 rings (SSSR count). The Bertz CT molecular complexity index is 1030. The molecular formula is C20H23N7O2. The molecule has 0 bridgehead atoms. The van der Waals surface area contributed by atoms with Crippen LogP contribution in [0.3, 0.4) is 0 Å². The number of aryl methyl sites for hydroxylation is 1. The largest absolute Gasteiger partial charge is 0.481 e. The summed E-state index contributed by atoms with van der Waals surface area (Å²) in [6.45, 7) is 3.47. The molecule has 0 radical (unpaired) electrons. The Morgan fingerprint density at radius 1 is 1.28 bits per heavy atom. The van der Waals surface area contributed by atoms with E-state index in [0.29, 0.717) is 25.5 Å². The zero-order chi connectivity index (χ0) is 20.4. The molecule has 3 aromatic rings. The molecule has 0 aromatic carbocycles. The average molecular weight is 393 g/mol. The van der Waals surface area contributed by atoms with Crippen LogP contribution in [0.5, 0.6) is 5.88 Å². The first-order valence-electron chi connectivity index (χ1n) is 9.28. The second-order valence-corrected chi connectivity index (χ2v) is 7.00. The zero-order valence-electron chi connectivity index (χ0n) is 16.6. The van der Waals surface area contributed by atoms with E-state index < -0.39 is 0 Å². The summed E-state index contributed by atoms with van der Waals surface area (Å²) in [4.78, 5) is 22.4. The van der Waals surface area contributed by atoms with Gasteiger partial charge in [-0.2, -0.15) is 5.10 Å². The lowest BCUT2D eigenvalue weighted by atomic mass is 10.2. The first-order valence-corrected chi connectivity index (χ1v) is 9.28. The lowest BCUT2D eigenvalue weighted by molar-refractivity contribution is -0.115. The number of hydrogen-bond donors (Lipinski definition) is 2. The number of carbonyl (C=O) groups excluding carboxylic acids is 1. The molecule has 29 heavy (non-hydrogen) atoms. The number of likely N-dealkylation sites (N-methyl/N-ethyl adjacent to an activating group) is 1. The molecule has 0 atom stereocenters. The molecule has 150 valence electrons. The van der Waals surface area contributed by atoms with E-state index in [2.05, 4.69) is 25.7 Å². The fourth-order valence-corrected chi connectivity index (χ4v) is 3.27. The number of nitrogens with zero attached hydrogens (tertiary/aromatic N) is 5. The highest BCUT2D eigenvalue weighted by Crippen LogP contribution is 2.32. The Labute approximate surface area is 168 Å². The van der Waals surface area contributed by atoms with Gasteiger partial charge in [-0.25, -0.2) is 9.97 Å². The van der Waals surface area contributed by atoms with Crippen LogP contribution >= 0.6 is 0 Å². The van der Waals surface area contributed by atoms with E-state index in [0.717, 1.165) is 34.0 Å². The maximum absolute atomic E-state index is 11.7. The van der Waals surface area contributed by atoms with E-state index in [1.807, 2.05) is 54.1 Å². The number of fused-ring (bicyclic) bond motifs is 1. The number of aromatic nitrogens is 4. The molecule has 0 saturated heterocycles. The first kappa shape index (κ1) is 18.7. The standard InChI is InChI=1S/C20H23N7O2/c1-13-20-16(26(2)12-18(28)25-20)6-17(24-13)21-8-15-9-23-27(11-15)10-14-4-5-19(29-3)22-7-14/h4-7,9,11H,8,10,12H2,1-3H3,(H,21,24)(H,25,28). The Morgan fingerprint density at radius 2 is 2.14 bits per heavy atom. The Balaban J connectivity index is 1.41. The minimum atomic E-state index is -0.0231. The van der Waals surface area contributed by atoms with Gasteiger partial charge in [-0.1, -0.05) is 6.07 Å². The fourth-order valence-electron chi connectivity index (χ4n) is 3.27. The SMILES string of the molecule is COc1ccc(Cn2cc(CNc3cc4c(c(C)n3)NC(=O)CN4C)cn2)cn1. The van der Waals surface area contributed by atoms with Gasteiger partial charge in [0.2, 0.25) is 11.8 Å². The lowest BCUT2D eigenvalue weighted by Crippen LogP contribution is -2.36. The van der Waals surface area contributed by atoms with Crippen molar-refractivity contribution in [2.45, 2.75) is 20.0 Å². The van der Waals surface area contributed by atoms with Crippen molar-refractivity contribution in [1.29, 1.82) is 0 Å². The number of anilines is 3. The van der Waals surface area contributed by atoms with Crippen LogP contribution in [0.4, 0.5) is 17.2 Å². The van der Waals surface area contributed by atoms with Gasteiger partial charge < -0.3 is 20.3 Å². The number of amides is 1. The summed E-state index contributed by atoms with van der Waals surface area (Å²) < 4.78 is 6.95. The summed E-state index contributed by atoms with van der Waals surface area (Å²) in [5.74, 6) is 1.33. The van der Waals surface area contributed by atoms with Crippen LogP contribution in [-0.2, 0) is 17.9 Å². The molecule has 9 heteroatoms. The third-order valence-corrected chi connectivity index (χ3v) is 4.75. The van der Waals surface area contributed by atoms with Crippen molar-refractivity contribution >= 4 is 23.1 Å². The molecule has 1 aliphatic rings. The molecule has 0 aliphatic carbocycles. The minimum absolute atomic E-state index is 0.0231. The molecule has 0 saturated carbocycles. The topological polar surface area (TPSA) is 97.2 Å². The second-order valence-electron chi connectivity index (χ2n) is 7.00. The fraction of sp³-hybridized carbons (Fsp3) is 0.300. The number of ether oxygens (including phenoxy) is 1. The second kappa shape index (κ2) is 7.78. The highest BCUT2D eigenvalue weighted by Gasteiger charge is 2.22. The van der Waals surface area contributed by atoms with E-state index in [-0.39, 0.29) is 5.91 Å². The minimum Gasteiger partial charge on any atom is -0.481 e. The van der Waals surface area contributed by atoms with Crippen LogP contribution in [0.15, 0.2) is 36.8 Å². The van der Waals surface area contributed by atoms with Crippen LogP contribution in [0.2, 0.25) is 0 Å². The lowest BCUT2D eigenvalue weighted by Gasteiger charge is -2.28. The molecular weight excluding hydrogens is 370 g/mol. The smallest absolute Gasteiger partial charge is 0.243 e. The van der Waals surface area contributed by atoms with E-state index >= 15 is 0 Å². The number of hydrogen-bond acceptors (Lipinski definition) is 7. The van der Waals surface area contributed by atoms with Gasteiger partial charge in [-0.15, -0.1) is 0 Å². The molecule has 1 amide bonds. The van der Waals surface area contributed by atoms with Gasteiger partial charge in [-0.3, -0.25) is 9.48 Å². The van der Waals surface area contributed by atoms with Crippen molar-refractivity contribution in [3.8, 4) is 5.88 Å². The van der Waals surface area contributed by atoms with Crippen molar-refractivity contribution in [3.63, 3.8) is 0 Å². The van der Waals surface area contributed by atoms with E-state index in [9.17, 15) is 4.79 Å². The van der Waals surface area contributed by atoms with Crippen molar-refractivity contribution in [2.24, 2.45) is 0 Å². The molecule has 1 aliphatic heterocycles. The molecule has 2 N–H and O–H groups in total. The number of methoxy groups -OCH3 is 1. The number of carbonyl (C=O) groups is 1. The van der Waals surface area contributed by atoms with Crippen LogP contribution < -0.4 is 20.3 Å². The molecule has 0 unspecified atom stereocenters. The molecule has 3 aromatic heterocycles. The zero-order valence-corrected chi connectivity index (χ0v) is 16.6. The Morgan fingerprint density at radius 3 is 2.90 bits per heavy atom. The van der Waals surface area contributed by atoms with Crippen LogP contribution in [-0.4, -0.2) is 46.4 Å². The maximum Gasteiger partial charge on any atom is 0.243 e. The highest BCUT2D eigenvalue weighted by atomic mass is 16.5. The van der Waals surface area contributed by atoms with Crippen molar-refractivity contribution in [2.75, 3.05) is 36.2 Å². The Kier molecular flexibility index (Phi) is 5.03. The third-order valence-electron chi connectivity index (χ3n) is 4.75. The first-order chi connectivity index (χ1) is 14.0. The van der Waals surface area contributed by atoms with Gasteiger partial charge in [-0.05, 0) is 12.5 Å². The normalized spacial score (nSPS) is 13.1. The summed E-state index contributed by atoms with van der Waals surface area (Å²) in [6.07, 6.45) is 5.62. The number of rotatable bonds is 6. The highest BCUT2D eigenvalue weighted by molar-refractivity contribution is 6.02. The van der Waals surface area contributed by atoms with Crippen molar-refractivity contribution in [3.05, 3.63) is 53.6 Å². The monoisotopic (exact) mass is 393 g/mol. The quantitative estimate of drug-likeness (QED) is 0.661. The predicted molar refractivity (Wildman–Crippen MR) is 110 cm³/mol. The number of nitrogens with one attached hydrogen (secondary N) is 2. The predicted octanol–water partition coefficient (Wildman–Crippen LogP) is 2.04. The van der Waals surface area contributed by atoms with E-state index in [4.69, 9.17) is 4.74 Å². The molecule has 4 heterocycles. The summed E-state index contributed by atoms with van der Waals surface area (Å²) in [5.41, 5.74) is 4.61. The average Bonchev–Trinajstić information content (AvgIpc) is 3.15. The van der Waals surface area contributed by atoms with E-state index in [1.54, 1.807) is 13.3 Å². The maximum atomic E-state index is 11.7. The van der Waals surface area contributed by atoms with E-state index in [1.165, 1.54) is 0 Å². The summed E-state index contributed by atoms with van der Waals surface area (Å²) in [6, 6.07) is 5.76. The summed E-state index contributed by atoms with van der Waals surface area (Å²) in [5, 5.41) is 10.7. The summed E-state index contributed by atoms with van der Waals surface area (Å²) >= 11 is 0.